The van der Waals surface area contributed by atoms with Gasteiger partial charge in [0, 0.05) is 16.7 Å². The van der Waals surface area contributed by atoms with Crippen molar-refractivity contribution in [3.05, 3.63) is 44.7 Å². The van der Waals surface area contributed by atoms with Gasteiger partial charge in [-0.2, -0.15) is 9.61 Å². The van der Waals surface area contributed by atoms with Gasteiger partial charge in [-0.05, 0) is 29.7 Å². The lowest BCUT2D eigenvalue weighted by molar-refractivity contribution is 0.853. The lowest BCUT2D eigenvalue weighted by Gasteiger charge is -1.99. The summed E-state index contributed by atoms with van der Waals surface area (Å²) >= 11 is 0. The Balaban J connectivity index is 2.85. The third-order valence-electron chi connectivity index (χ3n) is 1.87. The minimum Gasteiger partial charge on any atom is -0.267 e. The van der Waals surface area contributed by atoms with E-state index in [0.29, 0.717) is 11.2 Å². The van der Waals surface area contributed by atoms with E-state index in [9.17, 15) is 4.79 Å². The molecule has 0 atom stereocenters. The molecule has 74 valence electrons. The third-order valence-corrected chi connectivity index (χ3v) is 1.87. The van der Waals surface area contributed by atoms with Gasteiger partial charge >= 0.3 is 0 Å². The fraction of sp³-hybridized carbons (Fsp3) is 0.125. The lowest BCUT2D eigenvalue weighted by Crippen LogP contribution is -2.19. The Morgan fingerprint density at radius 3 is 3.07 bits per heavy atom. The summed E-state index contributed by atoms with van der Waals surface area (Å²) in [6.45, 7) is 1.64. The summed E-state index contributed by atoms with van der Waals surface area (Å²) in [5.41, 5.74) is 8.87. The zero-order chi connectivity index (χ0) is 10.8. The van der Waals surface area contributed by atoms with E-state index < -0.39 is 0 Å². The lowest BCUT2D eigenvalue weighted by atomic mass is 10.4. The van der Waals surface area contributed by atoms with Crippen LogP contribution in [0.5, 0.6) is 0 Å². The summed E-state index contributed by atoms with van der Waals surface area (Å²) in [6, 6.07) is 3.06. The van der Waals surface area contributed by atoms with Crippen LogP contribution in [-0.2, 0) is 0 Å². The van der Waals surface area contributed by atoms with Crippen molar-refractivity contribution in [2.45, 2.75) is 6.92 Å². The molecule has 15 heavy (non-hydrogen) atoms. The van der Waals surface area contributed by atoms with Crippen LogP contribution in [0, 0.1) is 6.92 Å². The monoisotopic (exact) mass is 202 g/mol. The van der Waals surface area contributed by atoms with E-state index in [2.05, 4.69) is 20.1 Å². The zero-order valence-electron chi connectivity index (χ0n) is 7.82. The van der Waals surface area contributed by atoms with Crippen LogP contribution in [-0.4, -0.2) is 14.6 Å². The molecular weight excluding hydrogens is 196 g/mol. The number of hydrogen-bond donors (Lipinski definition) is 0. The summed E-state index contributed by atoms with van der Waals surface area (Å²) in [7, 11) is 0. The molecular formula is C8H6N6O. The van der Waals surface area contributed by atoms with Gasteiger partial charge in [-0.25, -0.2) is 4.98 Å². The minimum absolute atomic E-state index is 0.138. The topological polar surface area (TPSA) is 96.0 Å². The van der Waals surface area contributed by atoms with Crippen molar-refractivity contribution >= 4 is 11.5 Å². The highest BCUT2D eigenvalue weighted by Gasteiger charge is 2.01. The highest BCUT2D eigenvalue weighted by atomic mass is 16.1. The Morgan fingerprint density at radius 2 is 2.33 bits per heavy atom. The first-order valence-corrected chi connectivity index (χ1v) is 4.13. The molecule has 0 aliphatic heterocycles. The molecule has 0 N–H and O–H groups in total. The molecule has 7 nitrogen and oxygen atoms in total. The van der Waals surface area contributed by atoms with Crippen molar-refractivity contribution in [1.29, 1.82) is 0 Å². The summed E-state index contributed by atoms with van der Waals surface area (Å²) in [5, 5.41) is 7.16. The van der Waals surface area contributed by atoms with E-state index in [1.807, 2.05) is 0 Å². The molecule has 0 spiro atoms. The van der Waals surface area contributed by atoms with Crippen LogP contribution in [0.1, 0.15) is 5.56 Å². The van der Waals surface area contributed by atoms with Gasteiger partial charge in [0.2, 0.25) is 0 Å². The van der Waals surface area contributed by atoms with Gasteiger partial charge in [0.1, 0.15) is 5.82 Å². The summed E-state index contributed by atoms with van der Waals surface area (Å²) in [6.07, 6.45) is 1.48. The van der Waals surface area contributed by atoms with Crippen molar-refractivity contribution in [2.24, 2.45) is 5.11 Å². The smallest absolute Gasteiger partial charge is 0.267 e. The van der Waals surface area contributed by atoms with Gasteiger partial charge in [0.15, 0.2) is 5.65 Å². The minimum atomic E-state index is -0.269. The molecule has 0 aliphatic rings. The van der Waals surface area contributed by atoms with Crippen LogP contribution in [0.25, 0.3) is 16.1 Å². The maximum atomic E-state index is 11.6. The van der Waals surface area contributed by atoms with Gasteiger partial charge < -0.3 is 0 Å². The van der Waals surface area contributed by atoms with Crippen molar-refractivity contribution in [1.82, 2.24) is 14.6 Å². The second kappa shape index (κ2) is 3.39. The molecule has 2 aromatic rings. The molecule has 2 aromatic heterocycles. The number of nitrogens with zero attached hydrogens (tertiary/aromatic N) is 6. The number of fused-ring (bicyclic) bond motifs is 1. The normalized spacial score (nSPS) is 9.93. The number of hydrogen-bond acceptors (Lipinski definition) is 4. The van der Waals surface area contributed by atoms with E-state index in [4.69, 9.17) is 5.53 Å². The number of azide groups is 1. The molecule has 2 heterocycles. The van der Waals surface area contributed by atoms with Gasteiger partial charge in [-0.3, -0.25) is 4.79 Å². The van der Waals surface area contributed by atoms with Gasteiger partial charge in [0.25, 0.3) is 5.56 Å². The van der Waals surface area contributed by atoms with Crippen LogP contribution in [0.3, 0.4) is 0 Å². The van der Waals surface area contributed by atoms with E-state index in [0.717, 1.165) is 4.52 Å². The molecule has 7 heteroatoms. The zero-order valence-corrected chi connectivity index (χ0v) is 7.82. The Morgan fingerprint density at radius 1 is 1.53 bits per heavy atom. The predicted octanol–water partition coefficient (Wildman–Crippen LogP) is 1.34. The fourth-order valence-corrected chi connectivity index (χ4v) is 1.14. The average Bonchev–Trinajstić information content (AvgIpc) is 2.25. The second-order valence-electron chi connectivity index (χ2n) is 2.90. The maximum absolute atomic E-state index is 11.6. The van der Waals surface area contributed by atoms with Crippen LogP contribution in [0.4, 0.5) is 5.82 Å². The Bertz CT molecular complexity index is 625. The number of aromatic nitrogens is 3. The third kappa shape index (κ3) is 1.51. The summed E-state index contributed by atoms with van der Waals surface area (Å²) < 4.78 is 1.11. The van der Waals surface area contributed by atoms with Gasteiger partial charge in [-0.1, -0.05) is 0 Å². The molecule has 0 saturated heterocycles. The molecule has 0 aliphatic carbocycles. The van der Waals surface area contributed by atoms with E-state index >= 15 is 0 Å². The maximum Gasteiger partial charge on any atom is 0.277 e. The number of rotatable bonds is 1. The molecule has 2 rings (SSSR count). The summed E-state index contributed by atoms with van der Waals surface area (Å²) in [5.74, 6) is 0.138. The molecule has 0 fully saturated rings. The van der Waals surface area contributed by atoms with Crippen LogP contribution in [0.2, 0.25) is 0 Å². The Labute approximate surface area is 83.6 Å². The molecule has 0 aromatic carbocycles. The van der Waals surface area contributed by atoms with Crippen LogP contribution in [0.15, 0.2) is 28.2 Å². The van der Waals surface area contributed by atoms with E-state index in [-0.39, 0.29) is 11.4 Å². The quantitative estimate of drug-likeness (QED) is 0.396. The van der Waals surface area contributed by atoms with Gasteiger partial charge in [-0.15, -0.1) is 0 Å². The molecule has 0 radical (unpaired) electrons. The highest BCUT2D eigenvalue weighted by molar-refractivity contribution is 5.41. The SMILES string of the molecule is Cc1cnc2ccc(N=[N+]=[N-])nn2c1=O. The second-order valence-corrected chi connectivity index (χ2v) is 2.90. The van der Waals surface area contributed by atoms with Crippen LogP contribution >= 0.6 is 0 Å². The number of aryl methyl sites for hydroxylation is 1. The van der Waals surface area contributed by atoms with Crippen molar-refractivity contribution in [3.63, 3.8) is 0 Å². The van der Waals surface area contributed by atoms with Crippen molar-refractivity contribution in [2.75, 3.05) is 0 Å². The largest absolute Gasteiger partial charge is 0.277 e. The van der Waals surface area contributed by atoms with Crippen molar-refractivity contribution in [3.8, 4) is 0 Å². The van der Waals surface area contributed by atoms with E-state index in [1.54, 1.807) is 13.0 Å². The van der Waals surface area contributed by atoms with E-state index in [1.165, 1.54) is 12.3 Å². The molecule has 0 unspecified atom stereocenters. The first-order chi connectivity index (χ1) is 7.22. The van der Waals surface area contributed by atoms with Crippen LogP contribution < -0.4 is 5.56 Å². The first-order valence-electron chi connectivity index (χ1n) is 4.13. The standard InChI is InChI=1S/C8H6N6O/c1-5-4-10-7-3-2-6(11-13-9)12-14(7)8(5)15/h2-4H,1H3. The Hall–Kier alpha value is -2.40. The molecule has 0 saturated carbocycles. The average molecular weight is 202 g/mol. The highest BCUT2D eigenvalue weighted by Crippen LogP contribution is 2.06. The molecule has 0 amide bonds. The molecule has 0 bridgehead atoms. The van der Waals surface area contributed by atoms with Gasteiger partial charge in [0.05, 0.1) is 0 Å². The predicted molar refractivity (Wildman–Crippen MR) is 52.8 cm³/mol. The fourth-order valence-electron chi connectivity index (χ4n) is 1.14. The first kappa shape index (κ1) is 9.17. The van der Waals surface area contributed by atoms with Crippen molar-refractivity contribution < 1.29 is 0 Å². The Kier molecular flexibility index (Phi) is 2.07. The summed E-state index contributed by atoms with van der Waals surface area (Å²) in [4.78, 5) is 18.2.